The summed E-state index contributed by atoms with van der Waals surface area (Å²) < 4.78 is 2.24. The van der Waals surface area contributed by atoms with Gasteiger partial charge in [0, 0.05) is 23.3 Å². The molecule has 4 aliphatic carbocycles. The lowest BCUT2D eigenvalue weighted by molar-refractivity contribution is 0.0731. The van der Waals surface area contributed by atoms with Gasteiger partial charge in [0.25, 0.3) is 5.91 Å². The fraction of sp³-hybridized carbons (Fsp3) is 0.833. The van der Waals surface area contributed by atoms with Crippen LogP contribution in [0.25, 0.3) is 0 Å². The summed E-state index contributed by atoms with van der Waals surface area (Å²) in [6.07, 6.45) is 12.8. The van der Waals surface area contributed by atoms with Gasteiger partial charge in [-0.1, -0.05) is 40.0 Å². The standard InChI is InChI=1S/C24H38N4O/c1-23(2)15-11-12-24(3,14-15)22(23)26-21(29)20-18-13-16(25)9-10-19(18)28(27-20)17-7-5-4-6-8-17/h15-17,22H,4-14,25H2,1-3H3,(H,26,29). The molecule has 3 saturated carbocycles. The number of nitrogens with two attached hydrogens (primary N) is 1. The Hall–Kier alpha value is -1.36. The zero-order valence-electron chi connectivity index (χ0n) is 18.5. The summed E-state index contributed by atoms with van der Waals surface area (Å²) in [5.41, 5.74) is 9.80. The molecule has 1 heterocycles. The molecule has 29 heavy (non-hydrogen) atoms. The average Bonchev–Trinajstić information content (AvgIpc) is 3.32. The average molecular weight is 399 g/mol. The van der Waals surface area contributed by atoms with Crippen LogP contribution in [0.3, 0.4) is 0 Å². The minimum atomic E-state index is 0.0387. The van der Waals surface area contributed by atoms with Crippen LogP contribution in [0.1, 0.15) is 106 Å². The van der Waals surface area contributed by atoms with E-state index >= 15 is 0 Å². The van der Waals surface area contributed by atoms with E-state index in [0.29, 0.717) is 11.7 Å². The molecule has 5 nitrogen and oxygen atoms in total. The van der Waals surface area contributed by atoms with Gasteiger partial charge in [-0.05, 0) is 68.1 Å². The smallest absolute Gasteiger partial charge is 0.272 e. The summed E-state index contributed by atoms with van der Waals surface area (Å²) in [5, 5.41) is 8.46. The molecule has 1 aromatic heterocycles. The summed E-state index contributed by atoms with van der Waals surface area (Å²) in [4.78, 5) is 13.6. The molecule has 1 aromatic rings. The van der Waals surface area contributed by atoms with Gasteiger partial charge in [0.15, 0.2) is 5.69 Å². The number of hydrogen-bond acceptors (Lipinski definition) is 3. The second-order valence-electron chi connectivity index (χ2n) is 11.3. The van der Waals surface area contributed by atoms with Gasteiger partial charge < -0.3 is 11.1 Å². The van der Waals surface area contributed by atoms with Crippen LogP contribution in [0.2, 0.25) is 0 Å². The highest BCUT2D eigenvalue weighted by molar-refractivity contribution is 5.94. The van der Waals surface area contributed by atoms with E-state index in [1.165, 1.54) is 57.1 Å². The number of nitrogens with one attached hydrogen (secondary N) is 1. The Balaban J connectivity index is 1.46. The van der Waals surface area contributed by atoms with Gasteiger partial charge in [0.05, 0.1) is 6.04 Å². The molecule has 0 spiro atoms. The van der Waals surface area contributed by atoms with E-state index in [-0.39, 0.29) is 28.8 Å². The van der Waals surface area contributed by atoms with Crippen LogP contribution in [0, 0.1) is 16.7 Å². The van der Waals surface area contributed by atoms with Crippen molar-refractivity contribution in [2.24, 2.45) is 22.5 Å². The molecule has 2 bridgehead atoms. The lowest BCUT2D eigenvalue weighted by Gasteiger charge is -2.43. The largest absolute Gasteiger partial charge is 0.347 e. The first-order valence-corrected chi connectivity index (χ1v) is 12.0. The van der Waals surface area contributed by atoms with Gasteiger partial charge >= 0.3 is 0 Å². The number of hydrogen-bond donors (Lipinski definition) is 2. The van der Waals surface area contributed by atoms with Crippen molar-refractivity contribution >= 4 is 5.91 Å². The number of carbonyl (C=O) groups excluding carboxylic acids is 1. The van der Waals surface area contributed by atoms with Gasteiger partial charge in [-0.2, -0.15) is 5.10 Å². The van der Waals surface area contributed by atoms with Crippen LogP contribution in [0.15, 0.2) is 0 Å². The summed E-state index contributed by atoms with van der Waals surface area (Å²) in [5.74, 6) is 0.761. The van der Waals surface area contributed by atoms with Crippen molar-refractivity contribution in [1.29, 1.82) is 0 Å². The Labute approximate surface area is 175 Å². The van der Waals surface area contributed by atoms with Crippen LogP contribution < -0.4 is 11.1 Å². The van der Waals surface area contributed by atoms with E-state index in [2.05, 4.69) is 30.8 Å². The quantitative estimate of drug-likeness (QED) is 0.803. The maximum atomic E-state index is 13.6. The highest BCUT2D eigenvalue weighted by Crippen LogP contribution is 2.62. The third-order valence-electron chi connectivity index (χ3n) is 9.02. The second-order valence-corrected chi connectivity index (χ2v) is 11.3. The molecule has 3 fully saturated rings. The summed E-state index contributed by atoms with van der Waals surface area (Å²) in [7, 11) is 0. The molecule has 160 valence electrons. The van der Waals surface area contributed by atoms with E-state index in [4.69, 9.17) is 10.8 Å². The molecule has 0 aromatic carbocycles. The van der Waals surface area contributed by atoms with Gasteiger partial charge in [0.2, 0.25) is 0 Å². The fourth-order valence-electron chi connectivity index (χ4n) is 7.34. The maximum absolute atomic E-state index is 13.6. The van der Waals surface area contributed by atoms with E-state index in [9.17, 15) is 4.79 Å². The molecule has 5 heteroatoms. The zero-order chi connectivity index (χ0) is 20.4. The number of aromatic nitrogens is 2. The molecular formula is C24H38N4O. The first-order chi connectivity index (χ1) is 13.8. The predicted molar refractivity (Wildman–Crippen MR) is 115 cm³/mol. The Morgan fingerprint density at radius 3 is 2.59 bits per heavy atom. The summed E-state index contributed by atoms with van der Waals surface area (Å²) in [6, 6.07) is 0.841. The Kier molecular flexibility index (Phi) is 4.61. The normalized spacial score (nSPS) is 36.2. The Morgan fingerprint density at radius 2 is 1.90 bits per heavy atom. The minimum absolute atomic E-state index is 0.0387. The lowest BCUT2D eigenvalue weighted by atomic mass is 9.68. The number of amides is 1. The SMILES string of the molecule is CC12CCC(C1)C(C)(C)C2NC(=O)c1nn(C2CCCCC2)c2c1CC(N)CC2. The minimum Gasteiger partial charge on any atom is -0.347 e. The van der Waals surface area contributed by atoms with Crippen molar-refractivity contribution in [2.45, 2.75) is 110 Å². The van der Waals surface area contributed by atoms with Gasteiger partial charge in [0.1, 0.15) is 0 Å². The van der Waals surface area contributed by atoms with Crippen molar-refractivity contribution in [2.75, 3.05) is 0 Å². The predicted octanol–water partition coefficient (Wildman–Crippen LogP) is 4.15. The van der Waals surface area contributed by atoms with Crippen LogP contribution in [-0.2, 0) is 12.8 Å². The van der Waals surface area contributed by atoms with E-state index < -0.39 is 0 Å². The number of fused-ring (bicyclic) bond motifs is 3. The first-order valence-electron chi connectivity index (χ1n) is 12.0. The zero-order valence-corrected chi connectivity index (χ0v) is 18.5. The number of rotatable bonds is 3. The number of carbonyl (C=O) groups is 1. The van der Waals surface area contributed by atoms with Gasteiger partial charge in [-0.25, -0.2) is 0 Å². The van der Waals surface area contributed by atoms with Gasteiger partial charge in [-0.15, -0.1) is 0 Å². The van der Waals surface area contributed by atoms with E-state index in [1.807, 2.05) is 0 Å². The molecule has 5 rings (SSSR count). The molecule has 0 saturated heterocycles. The van der Waals surface area contributed by atoms with Crippen LogP contribution >= 0.6 is 0 Å². The van der Waals surface area contributed by atoms with Crippen LogP contribution in [-0.4, -0.2) is 27.8 Å². The molecular weight excluding hydrogens is 360 g/mol. The van der Waals surface area contributed by atoms with Crippen molar-refractivity contribution in [3.8, 4) is 0 Å². The maximum Gasteiger partial charge on any atom is 0.272 e. The Morgan fingerprint density at radius 1 is 1.14 bits per heavy atom. The van der Waals surface area contributed by atoms with Crippen LogP contribution in [0.4, 0.5) is 0 Å². The van der Waals surface area contributed by atoms with E-state index in [0.717, 1.165) is 30.7 Å². The second kappa shape index (κ2) is 6.83. The monoisotopic (exact) mass is 398 g/mol. The summed E-state index contributed by atoms with van der Waals surface area (Å²) in [6.45, 7) is 7.07. The molecule has 0 radical (unpaired) electrons. The van der Waals surface area contributed by atoms with Crippen molar-refractivity contribution in [1.82, 2.24) is 15.1 Å². The van der Waals surface area contributed by atoms with Crippen molar-refractivity contribution in [3.63, 3.8) is 0 Å². The third kappa shape index (κ3) is 3.07. The molecule has 0 aliphatic heterocycles. The third-order valence-corrected chi connectivity index (χ3v) is 9.02. The first kappa shape index (κ1) is 19.6. The Bertz CT molecular complexity index is 801. The fourth-order valence-corrected chi connectivity index (χ4v) is 7.34. The van der Waals surface area contributed by atoms with Crippen LogP contribution in [0.5, 0.6) is 0 Å². The van der Waals surface area contributed by atoms with Crippen molar-refractivity contribution in [3.05, 3.63) is 17.0 Å². The topological polar surface area (TPSA) is 72.9 Å². The lowest BCUT2D eigenvalue weighted by Crippen LogP contribution is -2.52. The molecule has 4 atom stereocenters. The molecule has 1 amide bonds. The van der Waals surface area contributed by atoms with Crippen molar-refractivity contribution < 1.29 is 4.79 Å². The molecule has 4 aliphatic rings. The highest BCUT2D eigenvalue weighted by atomic mass is 16.2. The summed E-state index contributed by atoms with van der Waals surface area (Å²) >= 11 is 0. The van der Waals surface area contributed by atoms with Gasteiger partial charge in [-0.3, -0.25) is 9.48 Å². The number of nitrogens with zero attached hydrogens (tertiary/aromatic N) is 2. The molecule has 4 unspecified atom stereocenters. The van der Waals surface area contributed by atoms with E-state index in [1.54, 1.807) is 0 Å². The highest BCUT2D eigenvalue weighted by Gasteiger charge is 2.59. The molecule has 3 N–H and O–H groups in total.